The minimum absolute atomic E-state index is 0.199. The van der Waals surface area contributed by atoms with Crippen LogP contribution in [0.25, 0.3) is 0 Å². The van der Waals surface area contributed by atoms with Gasteiger partial charge >= 0.3 is 0 Å². The van der Waals surface area contributed by atoms with Gasteiger partial charge in [0.1, 0.15) is 0 Å². The number of aryl methyl sites for hydroxylation is 1. The molecule has 0 radical (unpaired) electrons. The monoisotopic (exact) mass is 279 g/mol. The molecule has 0 aliphatic heterocycles. The Morgan fingerprint density at radius 2 is 2.00 bits per heavy atom. The van der Waals surface area contributed by atoms with E-state index in [1.54, 1.807) is 11.3 Å². The van der Waals surface area contributed by atoms with Gasteiger partial charge in [-0.05, 0) is 48.5 Å². The van der Waals surface area contributed by atoms with E-state index in [0.717, 1.165) is 23.6 Å². The molecule has 2 rings (SSSR count). The van der Waals surface area contributed by atoms with Crippen LogP contribution in [0.3, 0.4) is 0 Å². The van der Waals surface area contributed by atoms with Crippen molar-refractivity contribution in [2.24, 2.45) is 0 Å². The summed E-state index contributed by atoms with van der Waals surface area (Å²) in [6.07, 6.45) is 1.12. The second kappa shape index (κ2) is 6.37. The van der Waals surface area contributed by atoms with Gasteiger partial charge in [-0.2, -0.15) is 0 Å². The highest BCUT2D eigenvalue weighted by atomic mass is 35.5. The van der Waals surface area contributed by atoms with E-state index in [1.807, 2.05) is 18.2 Å². The van der Waals surface area contributed by atoms with Crippen LogP contribution in [-0.4, -0.2) is 6.54 Å². The first-order valence-corrected chi connectivity index (χ1v) is 7.51. The third-order valence-electron chi connectivity index (χ3n) is 3.02. The van der Waals surface area contributed by atoms with Crippen LogP contribution in [0.4, 0.5) is 0 Å². The largest absolute Gasteiger partial charge is 0.306 e. The number of hydrogen-bond acceptors (Lipinski definition) is 2. The van der Waals surface area contributed by atoms with E-state index in [4.69, 9.17) is 11.6 Å². The predicted octanol–water partition coefficient (Wildman–Crippen LogP) is 4.80. The SMILES string of the molecule is CCCNC(c1ccccc1Cl)c1ccsc1C. The minimum atomic E-state index is 0.199. The molecule has 0 amide bonds. The molecule has 0 saturated heterocycles. The molecule has 0 aliphatic rings. The van der Waals surface area contributed by atoms with Crippen LogP contribution in [-0.2, 0) is 0 Å². The molecule has 0 bridgehead atoms. The zero-order valence-electron chi connectivity index (χ0n) is 10.7. The second-order valence-corrected chi connectivity index (χ2v) is 5.87. The van der Waals surface area contributed by atoms with E-state index in [2.05, 4.69) is 36.7 Å². The summed E-state index contributed by atoms with van der Waals surface area (Å²) in [7, 11) is 0. The number of hydrogen-bond donors (Lipinski definition) is 1. The lowest BCUT2D eigenvalue weighted by Gasteiger charge is -2.20. The van der Waals surface area contributed by atoms with Crippen molar-refractivity contribution in [3.63, 3.8) is 0 Å². The summed E-state index contributed by atoms with van der Waals surface area (Å²) in [5.74, 6) is 0. The molecular formula is C15H18ClNS. The van der Waals surface area contributed by atoms with Gasteiger partial charge in [-0.25, -0.2) is 0 Å². The van der Waals surface area contributed by atoms with Gasteiger partial charge in [0.05, 0.1) is 6.04 Å². The Bertz CT molecular complexity index is 507. The highest BCUT2D eigenvalue weighted by Crippen LogP contribution is 2.32. The number of benzene rings is 1. The molecule has 1 aromatic heterocycles. The van der Waals surface area contributed by atoms with Crippen LogP contribution in [0.1, 0.15) is 35.4 Å². The summed E-state index contributed by atoms with van der Waals surface area (Å²) in [6.45, 7) is 5.33. The molecular weight excluding hydrogens is 262 g/mol. The molecule has 1 nitrogen and oxygen atoms in total. The molecule has 2 aromatic rings. The molecule has 3 heteroatoms. The summed E-state index contributed by atoms with van der Waals surface area (Å²) in [6, 6.07) is 10.5. The number of halogens is 1. The molecule has 0 saturated carbocycles. The molecule has 1 atom stereocenters. The topological polar surface area (TPSA) is 12.0 Å². The van der Waals surface area contributed by atoms with Crippen LogP contribution in [0.15, 0.2) is 35.7 Å². The first kappa shape index (κ1) is 13.6. The van der Waals surface area contributed by atoms with Crippen molar-refractivity contribution in [1.29, 1.82) is 0 Å². The Morgan fingerprint density at radius 3 is 2.61 bits per heavy atom. The first-order chi connectivity index (χ1) is 8.74. The fourth-order valence-corrected chi connectivity index (χ4v) is 3.07. The van der Waals surface area contributed by atoms with E-state index in [1.165, 1.54) is 10.4 Å². The summed E-state index contributed by atoms with van der Waals surface area (Å²) >= 11 is 8.11. The normalized spacial score (nSPS) is 12.6. The summed E-state index contributed by atoms with van der Waals surface area (Å²) < 4.78 is 0. The van der Waals surface area contributed by atoms with Gasteiger partial charge in [-0.3, -0.25) is 0 Å². The molecule has 0 aliphatic carbocycles. The van der Waals surface area contributed by atoms with E-state index >= 15 is 0 Å². The number of nitrogens with one attached hydrogen (secondary N) is 1. The third-order valence-corrected chi connectivity index (χ3v) is 4.23. The lowest BCUT2D eigenvalue weighted by atomic mass is 9.99. The standard InChI is InChI=1S/C15H18ClNS/c1-3-9-17-15(12-8-10-18-11(12)2)13-6-4-5-7-14(13)16/h4-8,10,15,17H,3,9H2,1-2H3. The summed E-state index contributed by atoms with van der Waals surface area (Å²) in [5, 5.41) is 6.56. The number of rotatable bonds is 5. The Labute approximate surface area is 118 Å². The average Bonchev–Trinajstić information content (AvgIpc) is 2.78. The van der Waals surface area contributed by atoms with E-state index in [-0.39, 0.29) is 6.04 Å². The van der Waals surface area contributed by atoms with Gasteiger partial charge in [0.15, 0.2) is 0 Å². The second-order valence-electron chi connectivity index (χ2n) is 4.34. The average molecular weight is 280 g/mol. The van der Waals surface area contributed by atoms with Gasteiger partial charge in [-0.15, -0.1) is 11.3 Å². The van der Waals surface area contributed by atoms with Crippen LogP contribution >= 0.6 is 22.9 Å². The maximum absolute atomic E-state index is 6.33. The highest BCUT2D eigenvalue weighted by Gasteiger charge is 2.18. The Morgan fingerprint density at radius 1 is 1.22 bits per heavy atom. The van der Waals surface area contributed by atoms with Crippen molar-refractivity contribution < 1.29 is 0 Å². The van der Waals surface area contributed by atoms with Crippen molar-refractivity contribution >= 4 is 22.9 Å². The fraction of sp³-hybridized carbons (Fsp3) is 0.333. The molecule has 0 fully saturated rings. The summed E-state index contributed by atoms with van der Waals surface area (Å²) in [5.41, 5.74) is 2.50. The Kier molecular flexibility index (Phi) is 4.81. The quantitative estimate of drug-likeness (QED) is 0.829. The smallest absolute Gasteiger partial charge is 0.0602 e. The van der Waals surface area contributed by atoms with Crippen LogP contribution < -0.4 is 5.32 Å². The van der Waals surface area contributed by atoms with Crippen molar-refractivity contribution in [1.82, 2.24) is 5.32 Å². The molecule has 1 N–H and O–H groups in total. The maximum atomic E-state index is 6.33. The van der Waals surface area contributed by atoms with Gasteiger partial charge in [-0.1, -0.05) is 36.7 Å². The van der Waals surface area contributed by atoms with Gasteiger partial charge in [0, 0.05) is 9.90 Å². The van der Waals surface area contributed by atoms with E-state index in [9.17, 15) is 0 Å². The lowest BCUT2D eigenvalue weighted by Crippen LogP contribution is -2.23. The van der Waals surface area contributed by atoms with Gasteiger partial charge < -0.3 is 5.32 Å². The predicted molar refractivity (Wildman–Crippen MR) is 80.6 cm³/mol. The van der Waals surface area contributed by atoms with Crippen LogP contribution in [0, 0.1) is 6.92 Å². The molecule has 18 heavy (non-hydrogen) atoms. The lowest BCUT2D eigenvalue weighted by molar-refractivity contribution is 0.598. The minimum Gasteiger partial charge on any atom is -0.306 e. The van der Waals surface area contributed by atoms with Gasteiger partial charge in [0.2, 0.25) is 0 Å². The summed E-state index contributed by atoms with van der Waals surface area (Å²) in [4.78, 5) is 1.35. The molecule has 1 unspecified atom stereocenters. The molecule has 96 valence electrons. The Balaban J connectivity index is 2.37. The van der Waals surface area contributed by atoms with Crippen molar-refractivity contribution in [3.05, 3.63) is 56.7 Å². The third kappa shape index (κ3) is 2.94. The first-order valence-electron chi connectivity index (χ1n) is 6.25. The van der Waals surface area contributed by atoms with Crippen LogP contribution in [0.5, 0.6) is 0 Å². The van der Waals surface area contributed by atoms with Crippen molar-refractivity contribution in [2.75, 3.05) is 6.54 Å². The molecule has 1 aromatic carbocycles. The number of thiophene rings is 1. The van der Waals surface area contributed by atoms with E-state index in [0.29, 0.717) is 0 Å². The van der Waals surface area contributed by atoms with Crippen LogP contribution in [0.2, 0.25) is 5.02 Å². The zero-order valence-corrected chi connectivity index (χ0v) is 12.3. The van der Waals surface area contributed by atoms with Crippen molar-refractivity contribution in [2.45, 2.75) is 26.3 Å². The highest BCUT2D eigenvalue weighted by molar-refractivity contribution is 7.10. The molecule has 0 spiro atoms. The van der Waals surface area contributed by atoms with Crippen molar-refractivity contribution in [3.8, 4) is 0 Å². The van der Waals surface area contributed by atoms with E-state index < -0.39 is 0 Å². The van der Waals surface area contributed by atoms with Gasteiger partial charge in [0.25, 0.3) is 0 Å². The Hall–Kier alpha value is -0.830. The maximum Gasteiger partial charge on any atom is 0.0602 e. The molecule has 1 heterocycles. The zero-order chi connectivity index (χ0) is 13.0. The fourth-order valence-electron chi connectivity index (χ4n) is 2.08.